The Morgan fingerprint density at radius 3 is 2.22 bits per heavy atom. The number of aliphatic hydroxyl groups is 3. The Morgan fingerprint density at radius 2 is 1.70 bits per heavy atom. The number of carbonyl (C=O) groups is 3. The van der Waals surface area contributed by atoms with Gasteiger partial charge in [-0.1, -0.05) is 0 Å². The van der Waals surface area contributed by atoms with Crippen molar-refractivity contribution in [3.05, 3.63) is 39.7 Å². The third-order valence-electron chi connectivity index (χ3n) is 7.85. The number of hydrogen-bond acceptors (Lipinski definition) is 10. The predicted molar refractivity (Wildman–Crippen MR) is 137 cm³/mol. The zero-order valence-corrected chi connectivity index (χ0v) is 22.3. The van der Waals surface area contributed by atoms with Crippen molar-refractivity contribution in [1.82, 2.24) is 9.80 Å². The standard InChI is InChI=1S/C27H35N3O7/c1-12(31)18-24(34)21(30(6)7)16-9-13-8-15-17(29(4)5)10-14(11-28(2)3)22(32)20(15)23(33)19(13)26(36)27(16,37)25(18)35/h10,13,16,21,32-33,35,37H,8-9,11H2,1-7H3/t13-,16-,21-,27+/m0/s1. The van der Waals surface area contributed by atoms with Gasteiger partial charge in [0, 0.05) is 43.4 Å². The Kier molecular flexibility index (Phi) is 6.51. The molecule has 0 amide bonds. The van der Waals surface area contributed by atoms with Crippen LogP contribution in [0.15, 0.2) is 23.0 Å². The molecule has 1 aromatic rings. The monoisotopic (exact) mass is 513 g/mol. The average molecular weight is 514 g/mol. The van der Waals surface area contributed by atoms with E-state index >= 15 is 0 Å². The van der Waals surface area contributed by atoms with Crippen LogP contribution in [0.25, 0.3) is 5.76 Å². The van der Waals surface area contributed by atoms with Gasteiger partial charge in [-0.3, -0.25) is 19.3 Å². The minimum Gasteiger partial charge on any atom is -0.508 e. The maximum absolute atomic E-state index is 14.0. The number of aromatic hydroxyl groups is 1. The lowest BCUT2D eigenvalue weighted by Gasteiger charge is -2.50. The fourth-order valence-electron chi connectivity index (χ4n) is 6.31. The molecule has 0 spiro atoms. The van der Waals surface area contributed by atoms with Gasteiger partial charge in [-0.2, -0.15) is 0 Å². The van der Waals surface area contributed by atoms with Gasteiger partial charge < -0.3 is 30.2 Å². The molecule has 1 aromatic carbocycles. The minimum atomic E-state index is -2.57. The van der Waals surface area contributed by atoms with E-state index < -0.39 is 57.9 Å². The Morgan fingerprint density at radius 1 is 1.08 bits per heavy atom. The Labute approximate surface area is 216 Å². The van der Waals surface area contributed by atoms with Gasteiger partial charge in [0.25, 0.3) is 0 Å². The lowest BCUT2D eigenvalue weighted by Crippen LogP contribution is -2.65. The second-order valence-electron chi connectivity index (χ2n) is 11.0. The second kappa shape index (κ2) is 8.97. The number of nitrogens with zero attached hydrogens (tertiary/aromatic N) is 3. The van der Waals surface area contributed by atoms with Crippen molar-refractivity contribution < 1.29 is 34.8 Å². The molecule has 4 atom stereocenters. The van der Waals surface area contributed by atoms with E-state index in [9.17, 15) is 34.8 Å². The van der Waals surface area contributed by atoms with Crippen LogP contribution in [0.3, 0.4) is 0 Å². The molecule has 0 bridgehead atoms. The predicted octanol–water partition coefficient (Wildman–Crippen LogP) is 1.20. The van der Waals surface area contributed by atoms with Crippen LogP contribution in [0.1, 0.15) is 30.0 Å². The number of phenols is 1. The maximum Gasteiger partial charge on any atom is 0.202 e. The van der Waals surface area contributed by atoms with Crippen molar-refractivity contribution in [2.45, 2.75) is 38.0 Å². The van der Waals surface area contributed by atoms with Crippen molar-refractivity contribution in [1.29, 1.82) is 0 Å². The van der Waals surface area contributed by atoms with E-state index in [0.717, 1.165) is 12.6 Å². The van der Waals surface area contributed by atoms with E-state index in [2.05, 4.69) is 0 Å². The first kappa shape index (κ1) is 26.8. The van der Waals surface area contributed by atoms with Crippen molar-refractivity contribution in [3.8, 4) is 5.75 Å². The third kappa shape index (κ3) is 3.77. The summed E-state index contributed by atoms with van der Waals surface area (Å²) in [6.45, 7) is 1.47. The van der Waals surface area contributed by atoms with Crippen molar-refractivity contribution >= 4 is 28.8 Å². The average Bonchev–Trinajstić information content (AvgIpc) is 2.77. The molecule has 200 valence electrons. The second-order valence-corrected chi connectivity index (χ2v) is 11.0. The molecule has 0 aromatic heterocycles. The molecular formula is C27H35N3O7. The lowest BCUT2D eigenvalue weighted by molar-refractivity contribution is -0.153. The summed E-state index contributed by atoms with van der Waals surface area (Å²) in [6, 6.07) is 0.825. The van der Waals surface area contributed by atoms with E-state index in [-0.39, 0.29) is 29.7 Å². The van der Waals surface area contributed by atoms with Gasteiger partial charge in [0.2, 0.25) is 5.78 Å². The highest BCUT2D eigenvalue weighted by Crippen LogP contribution is 2.54. The van der Waals surface area contributed by atoms with Gasteiger partial charge >= 0.3 is 0 Å². The molecule has 3 aliphatic rings. The highest BCUT2D eigenvalue weighted by molar-refractivity contribution is 6.25. The number of likely N-dealkylation sites (N-methyl/N-ethyl adjacent to an activating group) is 1. The Bertz CT molecular complexity index is 1280. The lowest BCUT2D eigenvalue weighted by atomic mass is 9.57. The number of phenolic OH excluding ortho intramolecular Hbond substituents is 1. The Balaban J connectivity index is 2.00. The summed E-state index contributed by atoms with van der Waals surface area (Å²) >= 11 is 0. The number of aliphatic hydroxyl groups excluding tert-OH is 2. The fraction of sp³-hybridized carbons (Fsp3) is 0.519. The van der Waals surface area contributed by atoms with E-state index in [1.54, 1.807) is 14.1 Å². The smallest absolute Gasteiger partial charge is 0.202 e. The van der Waals surface area contributed by atoms with Crippen LogP contribution in [-0.4, -0.2) is 102 Å². The first-order valence-corrected chi connectivity index (χ1v) is 12.2. The fourth-order valence-corrected chi connectivity index (χ4v) is 6.31. The number of Topliss-reactive ketones (excluding diaryl/α,β-unsaturated/α-hetero) is 3. The highest BCUT2D eigenvalue weighted by atomic mass is 16.3. The van der Waals surface area contributed by atoms with Gasteiger partial charge in [0.1, 0.15) is 22.8 Å². The van der Waals surface area contributed by atoms with Crippen LogP contribution in [0.2, 0.25) is 0 Å². The Hall–Kier alpha value is -3.21. The van der Waals surface area contributed by atoms with Gasteiger partial charge in [-0.05, 0) is 65.5 Å². The van der Waals surface area contributed by atoms with Crippen LogP contribution < -0.4 is 4.90 Å². The van der Waals surface area contributed by atoms with Crippen LogP contribution in [0, 0.1) is 11.8 Å². The number of benzene rings is 1. The topological polar surface area (TPSA) is 142 Å². The molecule has 1 saturated carbocycles. The molecule has 0 aliphatic heterocycles. The summed E-state index contributed by atoms with van der Waals surface area (Å²) in [6.07, 6.45) is 0.368. The van der Waals surface area contributed by atoms with E-state index in [0.29, 0.717) is 17.7 Å². The molecular weight excluding hydrogens is 478 g/mol. The summed E-state index contributed by atoms with van der Waals surface area (Å²) in [5.41, 5.74) is -1.19. The van der Waals surface area contributed by atoms with Gasteiger partial charge in [0.05, 0.1) is 11.6 Å². The summed E-state index contributed by atoms with van der Waals surface area (Å²) in [4.78, 5) is 44.8. The van der Waals surface area contributed by atoms with Crippen molar-refractivity contribution in [3.63, 3.8) is 0 Å². The van der Waals surface area contributed by atoms with E-state index in [1.807, 2.05) is 44.1 Å². The largest absolute Gasteiger partial charge is 0.508 e. The molecule has 4 N–H and O–H groups in total. The number of fused-ring (bicyclic) bond motifs is 3. The molecule has 0 saturated heterocycles. The summed E-state index contributed by atoms with van der Waals surface area (Å²) in [7, 11) is 10.6. The van der Waals surface area contributed by atoms with Crippen LogP contribution in [0.4, 0.5) is 5.69 Å². The minimum absolute atomic E-state index is 0.0952. The van der Waals surface area contributed by atoms with Crippen molar-refractivity contribution in [2.75, 3.05) is 47.2 Å². The zero-order valence-electron chi connectivity index (χ0n) is 22.3. The quantitative estimate of drug-likeness (QED) is 0.424. The number of ketones is 3. The normalized spacial score (nSPS) is 27.5. The third-order valence-corrected chi connectivity index (χ3v) is 7.85. The molecule has 0 radical (unpaired) electrons. The first-order chi connectivity index (χ1) is 17.1. The van der Waals surface area contributed by atoms with Crippen LogP contribution >= 0.6 is 0 Å². The van der Waals surface area contributed by atoms with E-state index in [1.165, 1.54) is 4.90 Å². The highest BCUT2D eigenvalue weighted by Gasteiger charge is 2.64. The van der Waals surface area contributed by atoms with Crippen molar-refractivity contribution in [2.24, 2.45) is 11.8 Å². The molecule has 37 heavy (non-hydrogen) atoms. The molecule has 1 fully saturated rings. The number of carbonyl (C=O) groups excluding carboxylic acids is 3. The number of hydrogen-bond donors (Lipinski definition) is 4. The number of rotatable bonds is 5. The van der Waals surface area contributed by atoms with Crippen LogP contribution in [0.5, 0.6) is 5.75 Å². The molecule has 0 heterocycles. The summed E-state index contributed by atoms with van der Waals surface area (Å²) in [5, 5.41) is 45.4. The molecule has 0 unspecified atom stereocenters. The summed E-state index contributed by atoms with van der Waals surface area (Å²) < 4.78 is 0. The van der Waals surface area contributed by atoms with Gasteiger partial charge in [0.15, 0.2) is 17.2 Å². The molecule has 10 heteroatoms. The van der Waals surface area contributed by atoms with Gasteiger partial charge in [-0.25, -0.2) is 0 Å². The van der Waals surface area contributed by atoms with E-state index in [4.69, 9.17) is 0 Å². The zero-order chi connectivity index (χ0) is 27.7. The first-order valence-electron chi connectivity index (χ1n) is 12.2. The SMILES string of the molecule is CC(=O)C1=C(O)[C@@]2(O)C(=O)C3=C(O)c4c(O)c(CN(C)C)cc(N(C)C)c4C[C@H]3C[C@H]2[C@H](N(C)C)C1=O. The van der Waals surface area contributed by atoms with Crippen LogP contribution in [-0.2, 0) is 27.3 Å². The van der Waals surface area contributed by atoms with Gasteiger partial charge in [-0.15, -0.1) is 0 Å². The summed E-state index contributed by atoms with van der Waals surface area (Å²) in [5.74, 6) is -5.58. The maximum atomic E-state index is 14.0. The number of anilines is 1. The molecule has 10 nitrogen and oxygen atoms in total. The molecule has 3 aliphatic carbocycles. The molecule has 4 rings (SSSR count).